The first-order chi connectivity index (χ1) is 18.4. The number of anilines is 1. The number of urea groups is 1. The molecule has 3 N–H and O–H groups in total. The number of hydrogen-bond donors (Lipinski definition) is 3. The Labute approximate surface area is 223 Å². The van der Waals surface area contributed by atoms with Crippen LogP contribution in [0.5, 0.6) is 0 Å². The molecule has 9 nitrogen and oxygen atoms in total. The van der Waals surface area contributed by atoms with Gasteiger partial charge in [-0.05, 0) is 56.6 Å². The van der Waals surface area contributed by atoms with E-state index in [-0.39, 0.29) is 30.4 Å². The van der Waals surface area contributed by atoms with Gasteiger partial charge in [0.1, 0.15) is 12.8 Å². The van der Waals surface area contributed by atoms with Gasteiger partial charge in [0.15, 0.2) is 6.04 Å². The van der Waals surface area contributed by atoms with Crippen molar-refractivity contribution in [1.29, 1.82) is 5.41 Å². The number of carbonyl (C=O) groups is 3. The fourth-order valence-corrected chi connectivity index (χ4v) is 5.19. The van der Waals surface area contributed by atoms with Gasteiger partial charge in [-0.2, -0.15) is 0 Å². The summed E-state index contributed by atoms with van der Waals surface area (Å²) in [6, 6.07) is 15.2. The van der Waals surface area contributed by atoms with E-state index in [0.717, 1.165) is 42.6 Å². The van der Waals surface area contributed by atoms with Gasteiger partial charge in [0.2, 0.25) is 5.91 Å². The van der Waals surface area contributed by atoms with E-state index in [1.54, 1.807) is 17.0 Å². The fourth-order valence-electron chi connectivity index (χ4n) is 5.19. The molecule has 2 aliphatic heterocycles. The van der Waals surface area contributed by atoms with Crippen LogP contribution in [0.3, 0.4) is 0 Å². The predicted molar refractivity (Wildman–Crippen MR) is 144 cm³/mol. The molecule has 2 aromatic rings. The van der Waals surface area contributed by atoms with Crippen molar-refractivity contribution in [1.82, 2.24) is 15.1 Å². The molecule has 3 unspecified atom stereocenters. The van der Waals surface area contributed by atoms with Crippen LogP contribution in [-0.2, 0) is 20.9 Å². The molecule has 1 saturated carbocycles. The van der Waals surface area contributed by atoms with Crippen LogP contribution in [0.1, 0.15) is 50.2 Å². The number of hydrogen-bond acceptors (Lipinski definition) is 6. The lowest BCUT2D eigenvalue weighted by Crippen LogP contribution is -2.47. The van der Waals surface area contributed by atoms with E-state index in [2.05, 4.69) is 10.6 Å². The monoisotopic (exact) mass is 517 g/mol. The number of para-hydroxylation sites is 1. The number of amides is 4. The summed E-state index contributed by atoms with van der Waals surface area (Å²) in [6.07, 6.45) is 4.91. The molecule has 0 bridgehead atoms. The summed E-state index contributed by atoms with van der Waals surface area (Å²) in [5.41, 5.74) is 2.16. The largest absolute Gasteiger partial charge is 0.360 e. The second-order valence-corrected chi connectivity index (χ2v) is 10.4. The molecule has 3 atom stereocenters. The Morgan fingerprint density at radius 2 is 1.84 bits per heavy atom. The van der Waals surface area contributed by atoms with Crippen molar-refractivity contribution in [3.05, 3.63) is 65.7 Å². The Morgan fingerprint density at radius 1 is 1.11 bits per heavy atom. The minimum absolute atomic E-state index is 0.0116. The Morgan fingerprint density at radius 3 is 2.55 bits per heavy atom. The zero-order valence-corrected chi connectivity index (χ0v) is 21.7. The van der Waals surface area contributed by atoms with E-state index in [1.807, 2.05) is 49.4 Å². The van der Waals surface area contributed by atoms with Gasteiger partial charge in [-0.15, -0.1) is 0 Å². The third-order valence-electron chi connectivity index (χ3n) is 7.63. The summed E-state index contributed by atoms with van der Waals surface area (Å²) < 4.78 is 5.78. The average Bonchev–Trinajstić information content (AvgIpc) is 3.75. The zero-order chi connectivity index (χ0) is 26.6. The predicted octanol–water partition coefficient (Wildman–Crippen LogP) is 3.74. The summed E-state index contributed by atoms with van der Waals surface area (Å²) in [7, 11) is 0. The van der Waals surface area contributed by atoms with E-state index in [9.17, 15) is 14.4 Å². The summed E-state index contributed by atoms with van der Waals surface area (Å²) >= 11 is 0. The molecule has 4 amide bonds. The Bertz CT molecular complexity index is 1190. The first-order valence-corrected chi connectivity index (χ1v) is 13.4. The highest BCUT2D eigenvalue weighted by atomic mass is 16.5. The zero-order valence-electron chi connectivity index (χ0n) is 21.7. The minimum Gasteiger partial charge on any atom is -0.360 e. The van der Waals surface area contributed by atoms with Crippen LogP contribution in [-0.4, -0.2) is 64.8 Å². The fraction of sp³-hybridized carbons (Fsp3) is 0.448. The van der Waals surface area contributed by atoms with Crippen LogP contribution in [0.4, 0.5) is 10.5 Å². The quantitative estimate of drug-likeness (QED) is 0.328. The van der Waals surface area contributed by atoms with Crippen LogP contribution >= 0.6 is 0 Å². The van der Waals surface area contributed by atoms with Crippen molar-refractivity contribution >= 4 is 29.2 Å². The number of rotatable bonds is 10. The summed E-state index contributed by atoms with van der Waals surface area (Å²) in [5, 5.41) is 14.8. The lowest BCUT2D eigenvalue weighted by molar-refractivity contribution is -0.139. The Balaban J connectivity index is 1.29. The van der Waals surface area contributed by atoms with Crippen molar-refractivity contribution in [3.8, 4) is 0 Å². The number of ether oxygens (including phenoxy) is 1. The van der Waals surface area contributed by atoms with Gasteiger partial charge in [0.05, 0.1) is 5.71 Å². The molecule has 1 aliphatic carbocycles. The van der Waals surface area contributed by atoms with Gasteiger partial charge < -0.3 is 25.7 Å². The molecule has 2 aromatic carbocycles. The van der Waals surface area contributed by atoms with Crippen LogP contribution < -0.4 is 10.6 Å². The second kappa shape index (κ2) is 11.3. The van der Waals surface area contributed by atoms with Gasteiger partial charge in [-0.3, -0.25) is 14.5 Å². The average molecular weight is 518 g/mol. The summed E-state index contributed by atoms with van der Waals surface area (Å²) in [6.45, 7) is 2.78. The minimum atomic E-state index is -1.16. The van der Waals surface area contributed by atoms with Crippen molar-refractivity contribution in [3.63, 3.8) is 0 Å². The second-order valence-electron chi connectivity index (χ2n) is 10.4. The number of carbonyl (C=O) groups excluding carboxylic acids is 3. The first kappa shape index (κ1) is 25.9. The Hall–Kier alpha value is -3.72. The van der Waals surface area contributed by atoms with Crippen molar-refractivity contribution < 1.29 is 19.1 Å². The number of imide groups is 1. The number of nitrogens with zero attached hydrogens (tertiary/aromatic N) is 2. The van der Waals surface area contributed by atoms with Crippen LogP contribution in [0.15, 0.2) is 54.6 Å². The molecule has 9 heteroatoms. The molecule has 3 aliphatic rings. The van der Waals surface area contributed by atoms with Crippen molar-refractivity contribution in [2.24, 2.45) is 5.92 Å². The van der Waals surface area contributed by atoms with E-state index >= 15 is 0 Å². The molecule has 5 rings (SSSR count). The maximum atomic E-state index is 13.5. The first-order valence-electron chi connectivity index (χ1n) is 13.4. The Kier molecular flexibility index (Phi) is 7.74. The SMILES string of the molecule is CC(C1CC1)N(Cc1ccccc1)C(=O)CN1C(=O)NC(C(=N)c2ccccc2NC2CCCCO2)C1=O. The molecular formula is C29H35N5O4. The smallest absolute Gasteiger partial charge is 0.325 e. The highest BCUT2D eigenvalue weighted by Crippen LogP contribution is 2.36. The number of nitrogens with one attached hydrogen (secondary N) is 3. The molecule has 200 valence electrons. The maximum absolute atomic E-state index is 13.5. The molecule has 0 spiro atoms. The van der Waals surface area contributed by atoms with E-state index in [0.29, 0.717) is 30.3 Å². The highest BCUT2D eigenvalue weighted by molar-refractivity contribution is 6.24. The summed E-state index contributed by atoms with van der Waals surface area (Å²) in [4.78, 5) is 42.4. The summed E-state index contributed by atoms with van der Waals surface area (Å²) in [5.74, 6) is -0.430. The molecular weight excluding hydrogens is 482 g/mol. The lowest BCUT2D eigenvalue weighted by atomic mass is 10.0. The molecule has 38 heavy (non-hydrogen) atoms. The molecule has 3 fully saturated rings. The van der Waals surface area contributed by atoms with Gasteiger partial charge in [-0.25, -0.2) is 4.79 Å². The normalized spacial score (nSPS) is 22.1. The van der Waals surface area contributed by atoms with Gasteiger partial charge >= 0.3 is 6.03 Å². The standard InChI is InChI=1S/C29H35N5O4/c1-19(21-14-15-21)33(17-20-9-3-2-4-10-20)25(35)18-34-28(36)27(32-29(34)37)26(30)22-11-5-6-12-23(22)31-24-13-7-8-16-38-24/h2-6,9-12,19,21,24,27,30-31H,7-8,13-18H2,1H3,(H,32,37). The van der Waals surface area contributed by atoms with Crippen LogP contribution in [0.25, 0.3) is 0 Å². The third-order valence-corrected chi connectivity index (χ3v) is 7.63. The molecule has 2 heterocycles. The van der Waals surface area contributed by atoms with Gasteiger partial charge in [0.25, 0.3) is 5.91 Å². The van der Waals surface area contributed by atoms with Gasteiger partial charge in [0, 0.05) is 30.4 Å². The third kappa shape index (κ3) is 5.72. The number of benzene rings is 2. The molecule has 0 aromatic heterocycles. The van der Waals surface area contributed by atoms with Crippen molar-refractivity contribution in [2.75, 3.05) is 18.5 Å². The van der Waals surface area contributed by atoms with E-state index in [4.69, 9.17) is 10.1 Å². The highest BCUT2D eigenvalue weighted by Gasteiger charge is 2.43. The van der Waals surface area contributed by atoms with Gasteiger partial charge in [-0.1, -0.05) is 48.5 Å². The van der Waals surface area contributed by atoms with Crippen LogP contribution in [0, 0.1) is 11.3 Å². The van der Waals surface area contributed by atoms with E-state index in [1.165, 1.54) is 0 Å². The topological polar surface area (TPSA) is 115 Å². The molecule has 2 saturated heterocycles. The van der Waals surface area contributed by atoms with E-state index < -0.39 is 18.0 Å². The lowest BCUT2D eigenvalue weighted by Gasteiger charge is -2.31. The maximum Gasteiger partial charge on any atom is 0.325 e. The van der Waals surface area contributed by atoms with Crippen molar-refractivity contribution in [2.45, 2.75) is 63.9 Å². The molecule has 0 radical (unpaired) electrons. The van der Waals surface area contributed by atoms with Crippen LogP contribution in [0.2, 0.25) is 0 Å².